The van der Waals surface area contributed by atoms with Crippen LogP contribution in [-0.2, 0) is 0 Å². The van der Waals surface area contributed by atoms with Gasteiger partial charge in [0, 0.05) is 0 Å². The van der Waals surface area contributed by atoms with Gasteiger partial charge in [-0.1, -0.05) is 34.1 Å². The van der Waals surface area contributed by atoms with Crippen LogP contribution in [0.2, 0.25) is 0 Å². The van der Waals surface area contributed by atoms with Crippen LogP contribution in [0.3, 0.4) is 0 Å². The first-order valence-electron chi connectivity index (χ1n) is 8.47. The van der Waals surface area contributed by atoms with Crippen LogP contribution in [0.15, 0.2) is 0 Å². The molecule has 1 rings (SSSR count). The normalized spacial score (nSPS) is 22.4. The zero-order chi connectivity index (χ0) is 14.1. The van der Waals surface area contributed by atoms with E-state index in [9.17, 15) is 0 Å². The highest BCUT2D eigenvalue weighted by atomic mass is 15.1. The lowest BCUT2D eigenvalue weighted by Crippen LogP contribution is -2.27. The summed E-state index contributed by atoms with van der Waals surface area (Å²) >= 11 is 0. The summed E-state index contributed by atoms with van der Waals surface area (Å²) in [5.41, 5.74) is 0.502. The van der Waals surface area contributed by atoms with E-state index in [1.165, 1.54) is 64.7 Å². The Balaban J connectivity index is 2.12. The van der Waals surface area contributed by atoms with Crippen LogP contribution in [0.1, 0.15) is 66.2 Å². The predicted molar refractivity (Wildman–Crippen MR) is 85.6 cm³/mol. The molecule has 2 nitrogen and oxygen atoms in total. The molecule has 0 saturated carbocycles. The molecule has 1 aliphatic heterocycles. The SMILES string of the molecule is CCNCCCCCN1CCCC(C(C)(C)C)CC1. The second kappa shape index (κ2) is 8.97. The van der Waals surface area contributed by atoms with E-state index in [0.717, 1.165) is 12.5 Å². The number of nitrogens with one attached hydrogen (secondary N) is 1. The highest BCUT2D eigenvalue weighted by molar-refractivity contribution is 4.78. The van der Waals surface area contributed by atoms with Gasteiger partial charge in [0.15, 0.2) is 0 Å². The topological polar surface area (TPSA) is 15.3 Å². The van der Waals surface area contributed by atoms with Gasteiger partial charge in [-0.05, 0) is 76.2 Å². The first-order chi connectivity index (χ1) is 9.04. The lowest BCUT2D eigenvalue weighted by molar-refractivity contribution is 0.207. The Morgan fingerprint density at radius 2 is 1.84 bits per heavy atom. The van der Waals surface area contributed by atoms with Crippen LogP contribution >= 0.6 is 0 Å². The Bertz CT molecular complexity index is 220. The molecule has 1 atom stereocenters. The molecular weight excluding hydrogens is 232 g/mol. The highest BCUT2D eigenvalue weighted by Gasteiger charge is 2.26. The summed E-state index contributed by atoms with van der Waals surface area (Å²) in [5.74, 6) is 0.922. The second-order valence-corrected chi connectivity index (χ2v) is 7.25. The van der Waals surface area contributed by atoms with Crippen molar-refractivity contribution in [1.29, 1.82) is 0 Å². The average Bonchev–Trinajstić information content (AvgIpc) is 2.58. The summed E-state index contributed by atoms with van der Waals surface area (Å²) in [6.45, 7) is 15.7. The molecule has 1 N–H and O–H groups in total. The van der Waals surface area contributed by atoms with Gasteiger partial charge in [-0.2, -0.15) is 0 Å². The minimum atomic E-state index is 0.502. The van der Waals surface area contributed by atoms with Crippen molar-refractivity contribution in [3.8, 4) is 0 Å². The van der Waals surface area contributed by atoms with Crippen molar-refractivity contribution in [2.75, 3.05) is 32.7 Å². The molecule has 0 amide bonds. The van der Waals surface area contributed by atoms with Crippen LogP contribution in [0, 0.1) is 11.3 Å². The molecule has 0 aromatic heterocycles. The molecule has 1 aliphatic rings. The molecule has 0 spiro atoms. The maximum absolute atomic E-state index is 3.41. The van der Waals surface area contributed by atoms with Crippen LogP contribution in [-0.4, -0.2) is 37.6 Å². The standard InChI is InChI=1S/C17H36N2/c1-5-18-12-7-6-8-13-19-14-9-10-16(11-15-19)17(2,3)4/h16,18H,5-15H2,1-4H3. The third kappa shape index (κ3) is 7.31. The molecule has 114 valence electrons. The molecule has 0 aliphatic carbocycles. The number of likely N-dealkylation sites (tertiary alicyclic amines) is 1. The van der Waals surface area contributed by atoms with Crippen molar-refractivity contribution in [3.05, 3.63) is 0 Å². The molecular formula is C17H36N2. The summed E-state index contributed by atoms with van der Waals surface area (Å²) in [6.07, 6.45) is 8.34. The van der Waals surface area contributed by atoms with E-state index in [1.54, 1.807) is 0 Å². The fourth-order valence-corrected chi connectivity index (χ4v) is 3.18. The second-order valence-electron chi connectivity index (χ2n) is 7.25. The quantitative estimate of drug-likeness (QED) is 0.704. The number of hydrogen-bond donors (Lipinski definition) is 1. The van der Waals surface area contributed by atoms with E-state index < -0.39 is 0 Å². The van der Waals surface area contributed by atoms with Crippen molar-refractivity contribution >= 4 is 0 Å². The van der Waals surface area contributed by atoms with Gasteiger partial charge >= 0.3 is 0 Å². The lowest BCUT2D eigenvalue weighted by atomic mass is 9.77. The van der Waals surface area contributed by atoms with Crippen molar-refractivity contribution in [2.24, 2.45) is 11.3 Å². The van der Waals surface area contributed by atoms with E-state index in [4.69, 9.17) is 0 Å². The fraction of sp³-hybridized carbons (Fsp3) is 1.00. The highest BCUT2D eigenvalue weighted by Crippen LogP contribution is 2.34. The summed E-state index contributed by atoms with van der Waals surface area (Å²) in [4.78, 5) is 2.71. The lowest BCUT2D eigenvalue weighted by Gasteiger charge is -2.29. The Morgan fingerprint density at radius 1 is 1.05 bits per heavy atom. The zero-order valence-corrected chi connectivity index (χ0v) is 13.8. The van der Waals surface area contributed by atoms with E-state index in [0.29, 0.717) is 5.41 Å². The number of unbranched alkanes of at least 4 members (excludes halogenated alkanes) is 2. The fourth-order valence-electron chi connectivity index (χ4n) is 3.18. The minimum Gasteiger partial charge on any atom is -0.317 e. The van der Waals surface area contributed by atoms with Crippen LogP contribution in [0.4, 0.5) is 0 Å². The van der Waals surface area contributed by atoms with Crippen molar-refractivity contribution < 1.29 is 0 Å². The maximum Gasteiger partial charge on any atom is -0.00159 e. The predicted octanol–water partition coefficient (Wildman–Crippen LogP) is 3.91. The summed E-state index contributed by atoms with van der Waals surface area (Å²) in [7, 11) is 0. The maximum atomic E-state index is 3.41. The largest absolute Gasteiger partial charge is 0.317 e. The summed E-state index contributed by atoms with van der Waals surface area (Å²) in [6, 6.07) is 0. The van der Waals surface area contributed by atoms with E-state index in [2.05, 4.69) is 37.9 Å². The molecule has 2 heteroatoms. The van der Waals surface area contributed by atoms with Gasteiger partial charge in [0.25, 0.3) is 0 Å². The van der Waals surface area contributed by atoms with Crippen molar-refractivity contribution in [3.63, 3.8) is 0 Å². The van der Waals surface area contributed by atoms with Crippen LogP contribution in [0.5, 0.6) is 0 Å². The molecule has 1 saturated heterocycles. The van der Waals surface area contributed by atoms with Crippen molar-refractivity contribution in [2.45, 2.75) is 66.2 Å². The molecule has 1 fully saturated rings. The molecule has 0 aromatic carbocycles. The van der Waals surface area contributed by atoms with Crippen LogP contribution < -0.4 is 5.32 Å². The van der Waals surface area contributed by atoms with Gasteiger partial charge in [0.2, 0.25) is 0 Å². The van der Waals surface area contributed by atoms with E-state index in [-0.39, 0.29) is 0 Å². The third-order valence-electron chi connectivity index (χ3n) is 4.62. The molecule has 1 heterocycles. The molecule has 0 radical (unpaired) electrons. The Labute approximate surface area is 121 Å². The van der Waals surface area contributed by atoms with Gasteiger partial charge in [0.05, 0.1) is 0 Å². The van der Waals surface area contributed by atoms with Gasteiger partial charge in [-0.15, -0.1) is 0 Å². The van der Waals surface area contributed by atoms with E-state index >= 15 is 0 Å². The number of nitrogens with zero attached hydrogens (tertiary/aromatic N) is 1. The monoisotopic (exact) mass is 268 g/mol. The van der Waals surface area contributed by atoms with Gasteiger partial charge in [-0.25, -0.2) is 0 Å². The summed E-state index contributed by atoms with van der Waals surface area (Å²) < 4.78 is 0. The van der Waals surface area contributed by atoms with E-state index in [1.807, 2.05) is 0 Å². The first kappa shape index (κ1) is 17.0. The van der Waals surface area contributed by atoms with Crippen molar-refractivity contribution in [1.82, 2.24) is 10.2 Å². The van der Waals surface area contributed by atoms with Gasteiger partial charge in [0.1, 0.15) is 0 Å². The van der Waals surface area contributed by atoms with Gasteiger partial charge < -0.3 is 10.2 Å². The first-order valence-corrected chi connectivity index (χ1v) is 8.47. The summed E-state index contributed by atoms with van der Waals surface area (Å²) in [5, 5.41) is 3.41. The third-order valence-corrected chi connectivity index (χ3v) is 4.62. The Morgan fingerprint density at radius 3 is 2.53 bits per heavy atom. The number of hydrogen-bond acceptors (Lipinski definition) is 2. The Kier molecular flexibility index (Phi) is 8.01. The zero-order valence-electron chi connectivity index (χ0n) is 13.8. The number of rotatable bonds is 7. The molecule has 19 heavy (non-hydrogen) atoms. The average molecular weight is 268 g/mol. The molecule has 0 aromatic rings. The Hall–Kier alpha value is -0.0800. The minimum absolute atomic E-state index is 0.502. The molecule has 1 unspecified atom stereocenters. The van der Waals surface area contributed by atoms with Gasteiger partial charge in [-0.3, -0.25) is 0 Å². The smallest absolute Gasteiger partial charge is 0.00159 e. The van der Waals surface area contributed by atoms with Crippen LogP contribution in [0.25, 0.3) is 0 Å². The molecule has 0 bridgehead atoms.